The zero-order chi connectivity index (χ0) is 15.2. The third-order valence-corrected chi connectivity index (χ3v) is 3.49. The Morgan fingerprint density at radius 1 is 1.19 bits per heavy atom. The third kappa shape index (κ3) is 4.86. The summed E-state index contributed by atoms with van der Waals surface area (Å²) in [6, 6.07) is 12.0. The molecule has 0 aliphatic carbocycles. The molecule has 21 heavy (non-hydrogen) atoms. The van der Waals surface area contributed by atoms with Crippen molar-refractivity contribution in [3.05, 3.63) is 63.9 Å². The second kappa shape index (κ2) is 7.22. The van der Waals surface area contributed by atoms with E-state index in [2.05, 4.69) is 15.9 Å². The summed E-state index contributed by atoms with van der Waals surface area (Å²) in [5.74, 6) is -0.746. The predicted octanol–water partition coefficient (Wildman–Crippen LogP) is 3.85. The minimum absolute atomic E-state index is 0.0559. The van der Waals surface area contributed by atoms with Crippen molar-refractivity contribution in [1.29, 1.82) is 0 Å². The highest BCUT2D eigenvalue weighted by atomic mass is 79.9. The molecule has 0 unspecified atom stereocenters. The highest BCUT2D eigenvalue weighted by Gasteiger charge is 2.07. The molecule has 2 N–H and O–H groups in total. The van der Waals surface area contributed by atoms with Gasteiger partial charge in [-0.05, 0) is 36.2 Å². The van der Waals surface area contributed by atoms with E-state index in [-0.39, 0.29) is 19.0 Å². The second-order valence-electron chi connectivity index (χ2n) is 4.64. The Morgan fingerprint density at radius 2 is 1.90 bits per heavy atom. The molecule has 0 aliphatic heterocycles. The molecule has 2 aromatic carbocycles. The number of nitrogens with two attached hydrogens (primary N) is 1. The summed E-state index contributed by atoms with van der Waals surface area (Å²) >= 11 is 3.18. The smallest absolute Gasteiger partial charge is 0.306 e. The van der Waals surface area contributed by atoms with Crippen molar-refractivity contribution in [2.75, 3.05) is 5.73 Å². The fourth-order valence-electron chi connectivity index (χ4n) is 1.80. The number of nitrogen functional groups attached to an aromatic ring is 1. The molecule has 110 valence electrons. The summed E-state index contributed by atoms with van der Waals surface area (Å²) in [5, 5.41) is 0. The normalized spacial score (nSPS) is 10.4. The Balaban J connectivity index is 1.80. The first-order chi connectivity index (χ1) is 10.0. The van der Waals surface area contributed by atoms with Crippen LogP contribution in [0.25, 0.3) is 0 Å². The van der Waals surface area contributed by atoms with Crippen molar-refractivity contribution in [2.24, 2.45) is 0 Å². The summed E-state index contributed by atoms with van der Waals surface area (Å²) in [5.41, 5.74) is 7.65. The van der Waals surface area contributed by atoms with E-state index >= 15 is 0 Å². The molecule has 3 nitrogen and oxygen atoms in total. The van der Waals surface area contributed by atoms with E-state index < -0.39 is 5.82 Å². The molecule has 0 heterocycles. The monoisotopic (exact) mass is 351 g/mol. The van der Waals surface area contributed by atoms with E-state index in [0.29, 0.717) is 22.1 Å². The average molecular weight is 352 g/mol. The fourth-order valence-corrected chi connectivity index (χ4v) is 2.13. The van der Waals surface area contributed by atoms with Crippen LogP contribution in [0.4, 0.5) is 10.1 Å². The predicted molar refractivity (Wildman–Crippen MR) is 83.1 cm³/mol. The molecular weight excluding hydrogens is 337 g/mol. The van der Waals surface area contributed by atoms with Crippen molar-refractivity contribution >= 4 is 27.6 Å². The number of hydrogen-bond donors (Lipinski definition) is 1. The molecule has 2 aromatic rings. The molecule has 0 aromatic heterocycles. The van der Waals surface area contributed by atoms with Gasteiger partial charge in [0, 0.05) is 22.1 Å². The third-order valence-electron chi connectivity index (χ3n) is 3.00. The van der Waals surface area contributed by atoms with Gasteiger partial charge >= 0.3 is 5.97 Å². The van der Waals surface area contributed by atoms with Crippen molar-refractivity contribution in [3.63, 3.8) is 0 Å². The van der Waals surface area contributed by atoms with E-state index in [1.165, 1.54) is 6.07 Å². The fraction of sp³-hybridized carbons (Fsp3) is 0.188. The molecule has 0 aliphatic rings. The molecule has 0 amide bonds. The molecule has 2 rings (SSSR count). The van der Waals surface area contributed by atoms with Crippen LogP contribution < -0.4 is 5.73 Å². The molecule has 0 atom stereocenters. The van der Waals surface area contributed by atoms with Gasteiger partial charge in [0.25, 0.3) is 0 Å². The van der Waals surface area contributed by atoms with Crippen molar-refractivity contribution in [1.82, 2.24) is 0 Å². The van der Waals surface area contributed by atoms with Crippen molar-refractivity contribution < 1.29 is 13.9 Å². The number of ether oxygens (including phenoxy) is 1. The van der Waals surface area contributed by atoms with Crippen LogP contribution in [0.2, 0.25) is 0 Å². The van der Waals surface area contributed by atoms with Crippen LogP contribution >= 0.6 is 15.9 Å². The van der Waals surface area contributed by atoms with Crippen LogP contribution in [-0.2, 0) is 22.6 Å². The number of anilines is 1. The lowest BCUT2D eigenvalue weighted by Gasteiger charge is -2.06. The highest BCUT2D eigenvalue weighted by molar-refractivity contribution is 9.10. The van der Waals surface area contributed by atoms with Crippen molar-refractivity contribution in [3.8, 4) is 0 Å². The van der Waals surface area contributed by atoms with Gasteiger partial charge in [-0.2, -0.15) is 0 Å². The van der Waals surface area contributed by atoms with Crippen LogP contribution in [0.1, 0.15) is 17.5 Å². The molecular formula is C16H15BrFNO2. The van der Waals surface area contributed by atoms with Crippen LogP contribution in [0.15, 0.2) is 46.9 Å². The summed E-state index contributed by atoms with van der Waals surface area (Å²) < 4.78 is 19.3. The Hall–Kier alpha value is -1.88. The first kappa shape index (κ1) is 15.5. The maximum atomic E-state index is 13.6. The molecule has 0 bridgehead atoms. The first-order valence-corrected chi connectivity index (χ1v) is 7.28. The molecule has 0 radical (unpaired) electrons. The van der Waals surface area contributed by atoms with Gasteiger partial charge in [0.15, 0.2) is 0 Å². The highest BCUT2D eigenvalue weighted by Crippen LogP contribution is 2.16. The number of carbonyl (C=O) groups is 1. The van der Waals surface area contributed by atoms with Gasteiger partial charge in [-0.15, -0.1) is 0 Å². The second-order valence-corrected chi connectivity index (χ2v) is 5.55. The maximum Gasteiger partial charge on any atom is 0.306 e. The average Bonchev–Trinajstić information content (AvgIpc) is 2.46. The lowest BCUT2D eigenvalue weighted by Crippen LogP contribution is -2.07. The van der Waals surface area contributed by atoms with Crippen molar-refractivity contribution in [2.45, 2.75) is 19.4 Å². The quantitative estimate of drug-likeness (QED) is 0.657. The zero-order valence-corrected chi connectivity index (χ0v) is 12.9. The molecule has 0 saturated heterocycles. The van der Waals surface area contributed by atoms with E-state index in [9.17, 15) is 9.18 Å². The van der Waals surface area contributed by atoms with Gasteiger partial charge in [0.1, 0.15) is 12.4 Å². The van der Waals surface area contributed by atoms with E-state index in [4.69, 9.17) is 10.5 Å². The summed E-state index contributed by atoms with van der Waals surface area (Å²) in [6.07, 6.45) is 0.823. The largest absolute Gasteiger partial charge is 0.461 e. The van der Waals surface area contributed by atoms with E-state index in [1.807, 2.05) is 12.1 Å². The number of benzene rings is 2. The van der Waals surface area contributed by atoms with Gasteiger partial charge < -0.3 is 10.5 Å². The molecule has 0 fully saturated rings. The number of aryl methyl sites for hydroxylation is 1. The number of rotatable bonds is 5. The zero-order valence-electron chi connectivity index (χ0n) is 11.3. The lowest BCUT2D eigenvalue weighted by molar-refractivity contribution is -0.144. The van der Waals surface area contributed by atoms with Crippen LogP contribution in [0, 0.1) is 5.82 Å². The Labute approximate surface area is 131 Å². The van der Waals surface area contributed by atoms with Crippen LogP contribution in [0.3, 0.4) is 0 Å². The number of hydrogen-bond acceptors (Lipinski definition) is 3. The molecule has 0 saturated carbocycles. The first-order valence-electron chi connectivity index (χ1n) is 6.48. The summed E-state index contributed by atoms with van der Waals surface area (Å²) in [6.45, 7) is -0.0559. The number of halogens is 2. The maximum absolute atomic E-state index is 13.6. The topological polar surface area (TPSA) is 52.3 Å². The Bertz CT molecular complexity index is 629. The Morgan fingerprint density at radius 3 is 2.57 bits per heavy atom. The van der Waals surface area contributed by atoms with E-state index in [1.54, 1.807) is 24.3 Å². The molecule has 0 spiro atoms. The minimum atomic E-state index is -0.393. The van der Waals surface area contributed by atoms with Gasteiger partial charge in [0.05, 0.1) is 0 Å². The van der Waals surface area contributed by atoms with Crippen LogP contribution in [-0.4, -0.2) is 5.97 Å². The standard InChI is InChI=1S/C16H15BrFNO2/c17-13-5-4-12(15(18)9-13)10-21-16(20)8-3-11-1-6-14(19)7-2-11/h1-2,4-7,9H,3,8,10,19H2. The summed E-state index contributed by atoms with van der Waals surface area (Å²) in [7, 11) is 0. The van der Waals surface area contributed by atoms with Gasteiger partial charge in [-0.3, -0.25) is 4.79 Å². The van der Waals surface area contributed by atoms with Gasteiger partial charge in [-0.25, -0.2) is 4.39 Å². The van der Waals surface area contributed by atoms with Crippen LogP contribution in [0.5, 0.6) is 0 Å². The molecule has 5 heteroatoms. The minimum Gasteiger partial charge on any atom is -0.461 e. The summed E-state index contributed by atoms with van der Waals surface area (Å²) in [4.78, 5) is 11.7. The SMILES string of the molecule is Nc1ccc(CCC(=O)OCc2ccc(Br)cc2F)cc1. The number of carbonyl (C=O) groups excluding carboxylic acids is 1. The van der Waals surface area contributed by atoms with E-state index in [0.717, 1.165) is 5.56 Å². The lowest BCUT2D eigenvalue weighted by atomic mass is 10.1. The number of esters is 1. The van der Waals surface area contributed by atoms with Gasteiger partial charge in [-0.1, -0.05) is 34.1 Å². The Kier molecular flexibility index (Phi) is 5.33. The van der Waals surface area contributed by atoms with Gasteiger partial charge in [0.2, 0.25) is 0 Å².